The minimum absolute atomic E-state index is 0.136. The third-order valence-corrected chi connectivity index (χ3v) is 4.31. The number of hydrogen-bond donors (Lipinski definition) is 1. The van der Waals surface area contributed by atoms with Crippen molar-refractivity contribution in [3.05, 3.63) is 15.6 Å². The van der Waals surface area contributed by atoms with Gasteiger partial charge in [0.15, 0.2) is 11.5 Å². The summed E-state index contributed by atoms with van der Waals surface area (Å²) in [7, 11) is 0. The maximum Gasteiger partial charge on any atom is 0.358 e. The first-order chi connectivity index (χ1) is 9.13. The Kier molecular flexibility index (Phi) is 4.66. The maximum atomic E-state index is 11.8. The van der Waals surface area contributed by atoms with E-state index in [9.17, 15) is 9.59 Å². The molecule has 1 aromatic heterocycles. The summed E-state index contributed by atoms with van der Waals surface area (Å²) in [6.45, 7) is 4.43. The molecule has 1 aliphatic heterocycles. The first-order valence-electron chi connectivity index (χ1n) is 6.55. The Balaban J connectivity index is 2.28. The Labute approximate surface area is 116 Å². The van der Waals surface area contributed by atoms with Crippen LogP contribution in [-0.4, -0.2) is 29.9 Å². The van der Waals surface area contributed by atoms with E-state index in [0.717, 1.165) is 30.8 Å². The molecule has 6 heteroatoms. The van der Waals surface area contributed by atoms with Crippen LogP contribution in [0.25, 0.3) is 0 Å². The predicted octanol–water partition coefficient (Wildman–Crippen LogP) is 2.34. The molecule has 0 aromatic carbocycles. The van der Waals surface area contributed by atoms with Crippen LogP contribution >= 0.6 is 11.3 Å². The number of ether oxygens (including phenoxy) is 1. The van der Waals surface area contributed by atoms with E-state index in [-0.39, 0.29) is 24.1 Å². The summed E-state index contributed by atoms with van der Waals surface area (Å²) in [5, 5.41) is 4.18. The molecule has 0 radical (unpaired) electrons. The van der Waals surface area contributed by atoms with Gasteiger partial charge in [0.1, 0.15) is 9.88 Å². The monoisotopic (exact) mass is 282 g/mol. The first kappa shape index (κ1) is 14.1. The number of carbonyl (C=O) groups is 2. The van der Waals surface area contributed by atoms with Crippen molar-refractivity contribution in [3.8, 4) is 0 Å². The van der Waals surface area contributed by atoms with Gasteiger partial charge < -0.3 is 10.1 Å². The molecule has 2 rings (SSSR count). The molecule has 104 valence electrons. The number of piperidine rings is 1. The van der Waals surface area contributed by atoms with Crippen LogP contribution in [-0.2, 0) is 4.74 Å². The fourth-order valence-corrected chi connectivity index (χ4v) is 3.18. The zero-order valence-corrected chi connectivity index (χ0v) is 12.0. The van der Waals surface area contributed by atoms with Crippen LogP contribution in [0.2, 0.25) is 0 Å². The van der Waals surface area contributed by atoms with E-state index < -0.39 is 5.97 Å². The smallest absolute Gasteiger partial charge is 0.358 e. The van der Waals surface area contributed by atoms with Crippen LogP contribution in [0.4, 0.5) is 0 Å². The SMILES string of the molecule is CCOC(=O)c1nc(C2CCCCN2)sc1C(C)=O. The number of rotatable bonds is 4. The summed E-state index contributed by atoms with van der Waals surface area (Å²) in [4.78, 5) is 28.2. The van der Waals surface area contributed by atoms with Gasteiger partial charge in [-0.2, -0.15) is 0 Å². The van der Waals surface area contributed by atoms with Gasteiger partial charge in [0.25, 0.3) is 0 Å². The lowest BCUT2D eigenvalue weighted by molar-refractivity contribution is 0.0517. The van der Waals surface area contributed by atoms with Gasteiger partial charge in [-0.15, -0.1) is 11.3 Å². The molecule has 1 atom stereocenters. The van der Waals surface area contributed by atoms with Gasteiger partial charge in [-0.05, 0) is 26.3 Å². The summed E-state index contributed by atoms with van der Waals surface area (Å²) >= 11 is 1.30. The van der Waals surface area contributed by atoms with Crippen LogP contribution in [0.1, 0.15) is 64.3 Å². The van der Waals surface area contributed by atoms with Gasteiger partial charge in [-0.1, -0.05) is 6.42 Å². The minimum atomic E-state index is -0.508. The third kappa shape index (κ3) is 3.19. The van der Waals surface area contributed by atoms with Gasteiger partial charge in [0, 0.05) is 6.92 Å². The Morgan fingerprint density at radius 1 is 1.47 bits per heavy atom. The molecule has 0 spiro atoms. The summed E-state index contributed by atoms with van der Waals surface area (Å²) in [6.07, 6.45) is 3.29. The lowest BCUT2D eigenvalue weighted by atomic mass is 10.1. The molecule has 2 heterocycles. The summed E-state index contributed by atoms with van der Waals surface area (Å²) in [5.41, 5.74) is 0.168. The zero-order valence-electron chi connectivity index (χ0n) is 11.2. The van der Waals surface area contributed by atoms with Crippen molar-refractivity contribution in [2.24, 2.45) is 0 Å². The normalized spacial score (nSPS) is 19.2. The second-order valence-corrected chi connectivity index (χ2v) is 5.54. The van der Waals surface area contributed by atoms with E-state index in [2.05, 4.69) is 10.3 Å². The number of nitrogens with one attached hydrogen (secondary N) is 1. The molecule has 0 amide bonds. The molecule has 0 aliphatic carbocycles. The Bertz CT molecular complexity index is 478. The molecule has 5 nitrogen and oxygen atoms in total. The topological polar surface area (TPSA) is 68.3 Å². The van der Waals surface area contributed by atoms with E-state index >= 15 is 0 Å². The van der Waals surface area contributed by atoms with E-state index in [4.69, 9.17) is 4.74 Å². The highest BCUT2D eigenvalue weighted by atomic mass is 32.1. The Morgan fingerprint density at radius 2 is 2.26 bits per heavy atom. The largest absolute Gasteiger partial charge is 0.461 e. The van der Waals surface area contributed by atoms with Gasteiger partial charge in [0.2, 0.25) is 0 Å². The number of aromatic nitrogens is 1. The number of carbonyl (C=O) groups excluding carboxylic acids is 2. The van der Waals surface area contributed by atoms with Crippen LogP contribution < -0.4 is 5.32 Å². The van der Waals surface area contributed by atoms with Crippen LogP contribution in [0, 0.1) is 0 Å². The number of hydrogen-bond acceptors (Lipinski definition) is 6. The molecule has 0 saturated carbocycles. The lowest BCUT2D eigenvalue weighted by Crippen LogP contribution is -2.26. The molecule has 1 N–H and O–H groups in total. The standard InChI is InChI=1S/C13H18N2O3S/c1-3-18-13(17)10-11(8(2)16)19-12(15-10)9-6-4-5-7-14-9/h9,14H,3-7H2,1-2H3. The molecule has 1 aromatic rings. The zero-order chi connectivity index (χ0) is 13.8. The van der Waals surface area contributed by atoms with E-state index in [1.807, 2.05) is 0 Å². The summed E-state index contributed by atoms with van der Waals surface area (Å²) < 4.78 is 4.95. The predicted molar refractivity (Wildman–Crippen MR) is 72.7 cm³/mol. The number of ketones is 1. The molecular formula is C13H18N2O3S. The van der Waals surface area contributed by atoms with Gasteiger partial charge >= 0.3 is 5.97 Å². The Morgan fingerprint density at radius 3 is 2.84 bits per heavy atom. The van der Waals surface area contributed by atoms with Crippen molar-refractivity contribution < 1.29 is 14.3 Å². The highest BCUT2D eigenvalue weighted by molar-refractivity contribution is 7.14. The van der Waals surface area contributed by atoms with Gasteiger partial charge in [-0.25, -0.2) is 9.78 Å². The second kappa shape index (κ2) is 6.25. The fraction of sp³-hybridized carbons (Fsp3) is 0.615. The summed E-state index contributed by atoms with van der Waals surface area (Å²) in [6, 6.07) is 0.153. The molecule has 1 fully saturated rings. The van der Waals surface area contributed by atoms with Crippen molar-refractivity contribution in [1.82, 2.24) is 10.3 Å². The molecule has 1 saturated heterocycles. The number of esters is 1. The lowest BCUT2D eigenvalue weighted by Gasteiger charge is -2.21. The number of nitrogens with zero attached hydrogens (tertiary/aromatic N) is 1. The third-order valence-electron chi connectivity index (χ3n) is 3.04. The van der Waals surface area contributed by atoms with Gasteiger partial charge in [-0.3, -0.25) is 4.79 Å². The quantitative estimate of drug-likeness (QED) is 0.678. The van der Waals surface area contributed by atoms with E-state index in [1.54, 1.807) is 6.92 Å². The Hall–Kier alpha value is -1.27. The van der Waals surface area contributed by atoms with Crippen LogP contribution in [0.5, 0.6) is 0 Å². The van der Waals surface area contributed by atoms with Crippen molar-refractivity contribution in [2.45, 2.75) is 39.2 Å². The van der Waals surface area contributed by atoms with Crippen molar-refractivity contribution in [2.75, 3.05) is 13.2 Å². The summed E-state index contributed by atoms with van der Waals surface area (Å²) in [5.74, 6) is -0.645. The van der Waals surface area contributed by atoms with Gasteiger partial charge in [0.05, 0.1) is 12.6 Å². The van der Waals surface area contributed by atoms with E-state index in [1.165, 1.54) is 18.3 Å². The second-order valence-electron chi connectivity index (χ2n) is 4.51. The van der Waals surface area contributed by atoms with Crippen molar-refractivity contribution >= 4 is 23.1 Å². The number of Topliss-reactive ketones (excluding diaryl/α,β-unsaturated/α-hetero) is 1. The van der Waals surface area contributed by atoms with Crippen molar-refractivity contribution in [1.29, 1.82) is 0 Å². The van der Waals surface area contributed by atoms with Crippen LogP contribution in [0.3, 0.4) is 0 Å². The molecule has 19 heavy (non-hydrogen) atoms. The maximum absolute atomic E-state index is 11.8. The molecule has 1 unspecified atom stereocenters. The number of thiazole rings is 1. The molecule has 0 bridgehead atoms. The fourth-order valence-electron chi connectivity index (χ4n) is 2.12. The first-order valence-corrected chi connectivity index (χ1v) is 7.37. The highest BCUT2D eigenvalue weighted by Crippen LogP contribution is 2.29. The minimum Gasteiger partial charge on any atom is -0.461 e. The van der Waals surface area contributed by atoms with E-state index in [0.29, 0.717) is 4.88 Å². The average Bonchev–Trinajstić information content (AvgIpc) is 2.85. The van der Waals surface area contributed by atoms with Crippen LogP contribution in [0.15, 0.2) is 0 Å². The molecular weight excluding hydrogens is 264 g/mol. The molecule has 1 aliphatic rings. The highest BCUT2D eigenvalue weighted by Gasteiger charge is 2.26. The average molecular weight is 282 g/mol. The van der Waals surface area contributed by atoms with Crippen molar-refractivity contribution in [3.63, 3.8) is 0 Å².